The second-order valence-electron chi connectivity index (χ2n) is 6.41. The van der Waals surface area contributed by atoms with Crippen molar-refractivity contribution in [2.75, 3.05) is 26.8 Å². The van der Waals surface area contributed by atoms with Crippen molar-refractivity contribution >= 4 is 17.0 Å². The minimum atomic E-state index is -0.232. The van der Waals surface area contributed by atoms with E-state index in [-0.39, 0.29) is 24.6 Å². The molecule has 1 aromatic heterocycles. The minimum Gasteiger partial charge on any atom is -0.497 e. The summed E-state index contributed by atoms with van der Waals surface area (Å²) in [6.45, 7) is 5.32. The fraction of sp³-hybridized carbons (Fsp3) is 0.500. The molecule has 1 aliphatic rings. The van der Waals surface area contributed by atoms with E-state index in [9.17, 15) is 9.90 Å². The van der Waals surface area contributed by atoms with E-state index in [0.29, 0.717) is 13.1 Å². The third-order valence-electron chi connectivity index (χ3n) is 4.74. The lowest BCUT2D eigenvalue weighted by Gasteiger charge is -2.20. The quantitative estimate of drug-likeness (QED) is 0.903. The highest BCUT2D eigenvalue weighted by atomic mass is 16.5. The minimum absolute atomic E-state index is 0.115. The second-order valence-corrected chi connectivity index (χ2v) is 6.41. The second kappa shape index (κ2) is 6.73. The zero-order valence-electron chi connectivity index (χ0n) is 14.3. The maximum absolute atomic E-state index is 12.4. The van der Waals surface area contributed by atoms with Crippen molar-refractivity contribution in [2.24, 2.45) is 5.92 Å². The fourth-order valence-corrected chi connectivity index (χ4v) is 3.27. The first-order valence-corrected chi connectivity index (χ1v) is 8.26. The largest absolute Gasteiger partial charge is 0.497 e. The molecular weight excluding hydrogens is 308 g/mol. The van der Waals surface area contributed by atoms with Gasteiger partial charge in [0.2, 0.25) is 0 Å². The molecule has 6 nitrogen and oxygen atoms in total. The normalized spacial score (nSPS) is 18.8. The van der Waals surface area contributed by atoms with Crippen molar-refractivity contribution in [1.29, 1.82) is 0 Å². The van der Waals surface area contributed by atoms with Crippen LogP contribution in [0, 0.1) is 12.8 Å². The highest BCUT2D eigenvalue weighted by molar-refractivity contribution is 5.84. The van der Waals surface area contributed by atoms with E-state index in [2.05, 4.69) is 5.32 Å². The Bertz CT molecular complexity index is 740. The van der Waals surface area contributed by atoms with Gasteiger partial charge in [-0.05, 0) is 38.5 Å². The summed E-state index contributed by atoms with van der Waals surface area (Å²) in [5.74, 6) is 1.72. The Balaban J connectivity index is 1.75. The number of aliphatic hydroxyl groups excluding tert-OH is 1. The van der Waals surface area contributed by atoms with E-state index in [0.717, 1.165) is 34.5 Å². The third kappa shape index (κ3) is 3.06. The highest BCUT2D eigenvalue weighted by Gasteiger charge is 2.27. The first-order valence-electron chi connectivity index (χ1n) is 8.26. The monoisotopic (exact) mass is 332 g/mol. The molecule has 0 bridgehead atoms. The maximum atomic E-state index is 12.4. The SMILES string of the molecule is COc1ccc2oc(C(C)NC(=O)N3CCC(CO)C3)c(C)c2c1. The van der Waals surface area contributed by atoms with Gasteiger partial charge < -0.3 is 24.5 Å². The molecule has 1 aliphatic heterocycles. The molecule has 2 unspecified atom stereocenters. The van der Waals surface area contributed by atoms with Crippen LogP contribution >= 0.6 is 0 Å². The molecule has 24 heavy (non-hydrogen) atoms. The number of methoxy groups -OCH3 is 1. The topological polar surface area (TPSA) is 74.9 Å². The number of carbonyl (C=O) groups is 1. The molecule has 3 rings (SSSR count). The summed E-state index contributed by atoms with van der Waals surface area (Å²) >= 11 is 0. The number of aliphatic hydroxyl groups is 1. The predicted molar refractivity (Wildman–Crippen MR) is 91.2 cm³/mol. The van der Waals surface area contributed by atoms with E-state index in [4.69, 9.17) is 9.15 Å². The molecule has 2 atom stereocenters. The Kier molecular flexibility index (Phi) is 4.66. The van der Waals surface area contributed by atoms with Crippen molar-refractivity contribution in [3.63, 3.8) is 0 Å². The first-order chi connectivity index (χ1) is 11.5. The van der Waals surface area contributed by atoms with Crippen LogP contribution < -0.4 is 10.1 Å². The number of hydrogen-bond donors (Lipinski definition) is 2. The zero-order chi connectivity index (χ0) is 17.3. The fourth-order valence-electron chi connectivity index (χ4n) is 3.27. The lowest BCUT2D eigenvalue weighted by molar-refractivity contribution is 0.194. The molecular formula is C18H24N2O4. The van der Waals surface area contributed by atoms with Gasteiger partial charge in [-0.25, -0.2) is 4.79 Å². The van der Waals surface area contributed by atoms with Gasteiger partial charge >= 0.3 is 6.03 Å². The van der Waals surface area contributed by atoms with Gasteiger partial charge in [-0.2, -0.15) is 0 Å². The molecule has 0 spiro atoms. The molecule has 0 saturated carbocycles. The highest BCUT2D eigenvalue weighted by Crippen LogP contribution is 2.32. The average molecular weight is 332 g/mol. The Labute approximate surface area is 141 Å². The van der Waals surface area contributed by atoms with Gasteiger partial charge in [0.1, 0.15) is 17.1 Å². The molecule has 2 heterocycles. The summed E-state index contributed by atoms with van der Waals surface area (Å²) in [6.07, 6.45) is 0.849. The van der Waals surface area contributed by atoms with Crippen molar-refractivity contribution in [1.82, 2.24) is 10.2 Å². The van der Waals surface area contributed by atoms with Crippen molar-refractivity contribution < 1.29 is 19.1 Å². The summed E-state index contributed by atoms with van der Waals surface area (Å²) in [5, 5.41) is 13.2. The van der Waals surface area contributed by atoms with Crippen LogP contribution in [0.3, 0.4) is 0 Å². The van der Waals surface area contributed by atoms with Crippen molar-refractivity contribution in [2.45, 2.75) is 26.3 Å². The number of amides is 2. The Morgan fingerprint density at radius 1 is 1.54 bits per heavy atom. The Morgan fingerprint density at radius 3 is 3.00 bits per heavy atom. The smallest absolute Gasteiger partial charge is 0.317 e. The van der Waals surface area contributed by atoms with Crippen molar-refractivity contribution in [3.05, 3.63) is 29.5 Å². The number of benzene rings is 1. The lowest BCUT2D eigenvalue weighted by Crippen LogP contribution is -2.39. The summed E-state index contributed by atoms with van der Waals surface area (Å²) in [4.78, 5) is 14.1. The third-order valence-corrected chi connectivity index (χ3v) is 4.74. The Hall–Kier alpha value is -2.21. The molecule has 2 aromatic rings. The van der Waals surface area contributed by atoms with Crippen LogP contribution in [0.15, 0.2) is 22.6 Å². The van der Waals surface area contributed by atoms with Gasteiger partial charge in [-0.3, -0.25) is 0 Å². The van der Waals surface area contributed by atoms with Gasteiger partial charge in [0.15, 0.2) is 0 Å². The van der Waals surface area contributed by atoms with E-state index < -0.39 is 0 Å². The van der Waals surface area contributed by atoms with Gasteiger partial charge in [0, 0.05) is 36.6 Å². The van der Waals surface area contributed by atoms with E-state index in [1.165, 1.54) is 0 Å². The standard InChI is InChI=1S/C18H24N2O4/c1-11-15-8-14(23-3)4-5-16(15)24-17(11)12(2)19-18(22)20-7-6-13(9-20)10-21/h4-5,8,12-13,21H,6-7,9-10H2,1-3H3,(H,19,22). The molecule has 6 heteroatoms. The number of furan rings is 1. The molecule has 1 saturated heterocycles. The number of urea groups is 1. The molecule has 1 aromatic carbocycles. The zero-order valence-corrected chi connectivity index (χ0v) is 14.3. The van der Waals surface area contributed by atoms with E-state index in [1.54, 1.807) is 12.0 Å². The predicted octanol–water partition coefficient (Wildman–Crippen LogP) is 2.83. The van der Waals surface area contributed by atoms with Crippen molar-refractivity contribution in [3.8, 4) is 5.75 Å². The average Bonchev–Trinajstić information content (AvgIpc) is 3.19. The number of aryl methyl sites for hydroxylation is 1. The molecule has 0 radical (unpaired) electrons. The molecule has 1 fully saturated rings. The van der Waals surface area contributed by atoms with Crippen LogP contribution in [0.1, 0.15) is 30.7 Å². The van der Waals surface area contributed by atoms with Gasteiger partial charge in [0.05, 0.1) is 13.2 Å². The number of ether oxygens (including phenoxy) is 1. The number of carbonyl (C=O) groups excluding carboxylic acids is 1. The summed E-state index contributed by atoms with van der Waals surface area (Å²) in [7, 11) is 1.63. The van der Waals surface area contributed by atoms with Crippen LogP contribution in [-0.4, -0.2) is 42.8 Å². The lowest BCUT2D eigenvalue weighted by atomic mass is 10.1. The van der Waals surface area contributed by atoms with Crippen LogP contribution in [-0.2, 0) is 0 Å². The number of nitrogens with zero attached hydrogens (tertiary/aromatic N) is 1. The number of likely N-dealkylation sites (tertiary alicyclic amines) is 1. The molecule has 0 aliphatic carbocycles. The van der Waals surface area contributed by atoms with Crippen LogP contribution in [0.25, 0.3) is 11.0 Å². The first kappa shape index (κ1) is 16.6. The van der Waals surface area contributed by atoms with E-state index >= 15 is 0 Å². The van der Waals surface area contributed by atoms with Gasteiger partial charge in [-0.15, -0.1) is 0 Å². The molecule has 130 valence electrons. The Morgan fingerprint density at radius 2 is 2.33 bits per heavy atom. The number of hydrogen-bond acceptors (Lipinski definition) is 4. The van der Waals surface area contributed by atoms with E-state index in [1.807, 2.05) is 32.0 Å². The molecule has 2 N–H and O–H groups in total. The van der Waals surface area contributed by atoms with Gasteiger partial charge in [-0.1, -0.05) is 0 Å². The maximum Gasteiger partial charge on any atom is 0.317 e. The van der Waals surface area contributed by atoms with Crippen LogP contribution in [0.4, 0.5) is 4.79 Å². The summed E-state index contributed by atoms with van der Waals surface area (Å²) in [5.41, 5.74) is 1.79. The number of nitrogens with one attached hydrogen (secondary N) is 1. The number of rotatable bonds is 4. The van der Waals surface area contributed by atoms with Crippen LogP contribution in [0.2, 0.25) is 0 Å². The van der Waals surface area contributed by atoms with Gasteiger partial charge in [0.25, 0.3) is 0 Å². The number of fused-ring (bicyclic) bond motifs is 1. The molecule has 2 amide bonds. The van der Waals surface area contributed by atoms with Crippen LogP contribution in [0.5, 0.6) is 5.75 Å². The summed E-state index contributed by atoms with van der Waals surface area (Å²) in [6, 6.07) is 5.33. The summed E-state index contributed by atoms with van der Waals surface area (Å²) < 4.78 is 11.2.